The maximum atomic E-state index is 12.9. The molecule has 0 spiro atoms. The smallest absolute Gasteiger partial charge is 0.278 e. The van der Waals surface area contributed by atoms with Gasteiger partial charge >= 0.3 is 0 Å². The molecule has 2 N–H and O–H groups in total. The quantitative estimate of drug-likeness (QED) is 0.811. The summed E-state index contributed by atoms with van der Waals surface area (Å²) in [5.41, 5.74) is 2.03. The van der Waals surface area contributed by atoms with E-state index in [1.807, 2.05) is 10.9 Å². The van der Waals surface area contributed by atoms with Crippen LogP contribution in [0, 0.1) is 0 Å². The molecule has 0 aliphatic carbocycles. The van der Waals surface area contributed by atoms with E-state index in [1.54, 1.807) is 23.1 Å². The monoisotopic (exact) mass is 389 g/mol. The number of rotatable bonds is 4. The van der Waals surface area contributed by atoms with Crippen LogP contribution in [0.1, 0.15) is 34.9 Å². The van der Waals surface area contributed by atoms with Crippen molar-refractivity contribution in [1.82, 2.24) is 19.8 Å². The first-order chi connectivity index (χ1) is 13.0. The van der Waals surface area contributed by atoms with E-state index in [-0.39, 0.29) is 16.8 Å². The molecule has 9 heteroatoms. The summed E-state index contributed by atoms with van der Waals surface area (Å²) in [4.78, 5) is 14.8. The van der Waals surface area contributed by atoms with Crippen LogP contribution in [0.5, 0.6) is 0 Å². The van der Waals surface area contributed by atoms with Gasteiger partial charge in [0.15, 0.2) is 5.69 Å². The number of nitrogens with zero attached hydrogens (tertiary/aromatic N) is 3. The molecule has 1 amide bonds. The number of fused-ring (bicyclic) bond motifs is 1. The Labute approximate surface area is 158 Å². The number of carbonyl (C=O) groups is 1. The molecule has 8 nitrogen and oxygen atoms in total. The summed E-state index contributed by atoms with van der Waals surface area (Å²) < 4.78 is 28.2. The summed E-state index contributed by atoms with van der Waals surface area (Å²) in [5, 5.41) is 7.85. The van der Waals surface area contributed by atoms with E-state index in [0.717, 1.165) is 37.2 Å². The number of hydrogen-bond donors (Lipinski definition) is 2. The van der Waals surface area contributed by atoms with E-state index in [4.69, 9.17) is 0 Å². The van der Waals surface area contributed by atoms with Gasteiger partial charge in [0, 0.05) is 25.0 Å². The van der Waals surface area contributed by atoms with E-state index in [2.05, 4.69) is 15.1 Å². The summed E-state index contributed by atoms with van der Waals surface area (Å²) >= 11 is 0. The van der Waals surface area contributed by atoms with Crippen LogP contribution in [-0.2, 0) is 16.4 Å². The molecular formula is C18H23N5O3S. The molecule has 27 heavy (non-hydrogen) atoms. The SMILES string of the molecule is CNS(=O)(=O)c1ccc2c(c1)CCN2C(=O)c1ccn(C2CCCNC2)n1. The standard InChI is InChI=1S/C18H23N5O3S/c1-19-27(25,26)15-4-5-17-13(11-15)6-9-22(17)18(24)16-7-10-23(21-16)14-3-2-8-20-12-14/h4-5,7,10-11,14,19-20H,2-3,6,8-9,12H2,1H3. The Bertz CT molecular complexity index is 963. The van der Waals surface area contributed by atoms with Crippen molar-refractivity contribution in [2.45, 2.75) is 30.2 Å². The average molecular weight is 389 g/mol. The minimum atomic E-state index is -3.49. The predicted octanol–water partition coefficient (Wildman–Crippen LogP) is 0.919. The van der Waals surface area contributed by atoms with Crippen molar-refractivity contribution in [1.29, 1.82) is 0 Å². The third-order valence-electron chi connectivity index (χ3n) is 5.24. The fourth-order valence-electron chi connectivity index (χ4n) is 3.73. The van der Waals surface area contributed by atoms with Crippen LogP contribution in [0.3, 0.4) is 0 Å². The maximum Gasteiger partial charge on any atom is 0.278 e. The fraction of sp³-hybridized carbons (Fsp3) is 0.444. The second-order valence-electron chi connectivity index (χ2n) is 6.89. The summed E-state index contributed by atoms with van der Waals surface area (Å²) in [6, 6.07) is 6.91. The van der Waals surface area contributed by atoms with E-state index in [1.165, 1.54) is 13.1 Å². The Hall–Kier alpha value is -2.23. The van der Waals surface area contributed by atoms with Crippen molar-refractivity contribution in [3.63, 3.8) is 0 Å². The first kappa shape index (κ1) is 18.1. The lowest BCUT2D eigenvalue weighted by atomic mass is 10.1. The third kappa shape index (κ3) is 3.38. The Balaban J connectivity index is 1.56. The number of nitrogens with one attached hydrogen (secondary N) is 2. The van der Waals surface area contributed by atoms with E-state index in [0.29, 0.717) is 18.7 Å². The number of sulfonamides is 1. The van der Waals surface area contributed by atoms with Gasteiger partial charge in [-0.25, -0.2) is 13.1 Å². The van der Waals surface area contributed by atoms with Crippen LogP contribution in [0.2, 0.25) is 0 Å². The molecule has 0 radical (unpaired) electrons. The lowest BCUT2D eigenvalue weighted by molar-refractivity contribution is 0.0983. The minimum absolute atomic E-state index is 0.152. The molecule has 0 bridgehead atoms. The summed E-state index contributed by atoms with van der Waals surface area (Å²) in [7, 11) is -2.11. The van der Waals surface area contributed by atoms with Gasteiger partial charge in [0.25, 0.3) is 5.91 Å². The zero-order valence-electron chi connectivity index (χ0n) is 15.2. The molecular weight excluding hydrogens is 366 g/mol. The maximum absolute atomic E-state index is 12.9. The molecule has 3 heterocycles. The van der Waals surface area contributed by atoms with Crippen molar-refractivity contribution in [3.8, 4) is 0 Å². The number of benzene rings is 1. The van der Waals surface area contributed by atoms with Gasteiger partial charge in [-0.05, 0) is 62.7 Å². The van der Waals surface area contributed by atoms with Crippen molar-refractivity contribution < 1.29 is 13.2 Å². The van der Waals surface area contributed by atoms with Gasteiger partial charge in [-0.3, -0.25) is 9.48 Å². The first-order valence-corrected chi connectivity index (χ1v) is 10.6. The van der Waals surface area contributed by atoms with Crippen LogP contribution in [-0.4, -0.2) is 50.8 Å². The highest BCUT2D eigenvalue weighted by Crippen LogP contribution is 2.31. The van der Waals surface area contributed by atoms with Crippen LogP contribution in [0.25, 0.3) is 0 Å². The van der Waals surface area contributed by atoms with E-state index in [9.17, 15) is 13.2 Å². The van der Waals surface area contributed by atoms with Crippen LogP contribution in [0.15, 0.2) is 35.4 Å². The van der Waals surface area contributed by atoms with Crippen molar-refractivity contribution in [3.05, 3.63) is 41.7 Å². The lowest BCUT2D eigenvalue weighted by Gasteiger charge is -2.23. The largest absolute Gasteiger partial charge is 0.315 e. The zero-order chi connectivity index (χ0) is 19.0. The number of anilines is 1. The van der Waals surface area contributed by atoms with Gasteiger partial charge in [0.05, 0.1) is 10.9 Å². The first-order valence-electron chi connectivity index (χ1n) is 9.14. The minimum Gasteiger partial charge on any atom is -0.315 e. The normalized spacial score (nSPS) is 19.9. The highest BCUT2D eigenvalue weighted by molar-refractivity contribution is 7.89. The second kappa shape index (κ2) is 7.06. The fourth-order valence-corrected chi connectivity index (χ4v) is 4.51. The van der Waals surface area contributed by atoms with Gasteiger partial charge < -0.3 is 10.2 Å². The zero-order valence-corrected chi connectivity index (χ0v) is 16.0. The highest BCUT2D eigenvalue weighted by atomic mass is 32.2. The van der Waals surface area contributed by atoms with Gasteiger partial charge in [0.2, 0.25) is 10.0 Å². The molecule has 1 atom stereocenters. The van der Waals surface area contributed by atoms with Crippen molar-refractivity contribution >= 4 is 21.6 Å². The van der Waals surface area contributed by atoms with Gasteiger partial charge in [0.1, 0.15) is 0 Å². The molecule has 1 fully saturated rings. The third-order valence-corrected chi connectivity index (χ3v) is 6.66. The van der Waals surface area contributed by atoms with Crippen LogP contribution in [0.4, 0.5) is 5.69 Å². The number of carbonyl (C=O) groups excluding carboxylic acids is 1. The molecule has 1 aromatic heterocycles. The lowest BCUT2D eigenvalue weighted by Crippen LogP contribution is -2.32. The number of piperidine rings is 1. The van der Waals surface area contributed by atoms with Gasteiger partial charge in [-0.1, -0.05) is 0 Å². The van der Waals surface area contributed by atoms with Crippen molar-refractivity contribution in [2.75, 3.05) is 31.6 Å². The molecule has 0 saturated carbocycles. The summed E-state index contributed by atoms with van der Waals surface area (Å²) in [6.45, 7) is 2.42. The number of hydrogen-bond acceptors (Lipinski definition) is 5. The van der Waals surface area contributed by atoms with Gasteiger partial charge in [-0.15, -0.1) is 0 Å². The molecule has 2 aliphatic rings. The topological polar surface area (TPSA) is 96.3 Å². The summed E-state index contributed by atoms with van der Waals surface area (Å²) in [6.07, 6.45) is 4.65. The molecule has 144 valence electrons. The molecule has 1 aromatic carbocycles. The molecule has 2 aliphatic heterocycles. The Morgan fingerprint density at radius 2 is 2.19 bits per heavy atom. The molecule has 1 saturated heterocycles. The van der Waals surface area contributed by atoms with Crippen LogP contribution < -0.4 is 14.9 Å². The average Bonchev–Trinajstić information content (AvgIpc) is 3.35. The molecule has 1 unspecified atom stereocenters. The molecule has 2 aromatic rings. The van der Waals surface area contributed by atoms with Crippen LogP contribution >= 0.6 is 0 Å². The Morgan fingerprint density at radius 1 is 1.33 bits per heavy atom. The van der Waals surface area contributed by atoms with Gasteiger partial charge in [-0.2, -0.15) is 5.10 Å². The predicted molar refractivity (Wildman–Crippen MR) is 101 cm³/mol. The Kier molecular flexibility index (Phi) is 4.75. The van der Waals surface area contributed by atoms with E-state index >= 15 is 0 Å². The van der Waals surface area contributed by atoms with E-state index < -0.39 is 10.0 Å². The second-order valence-corrected chi connectivity index (χ2v) is 8.77. The van der Waals surface area contributed by atoms with Crippen molar-refractivity contribution in [2.24, 2.45) is 0 Å². The highest BCUT2D eigenvalue weighted by Gasteiger charge is 2.29. The molecule has 4 rings (SSSR count). The summed E-state index contributed by atoms with van der Waals surface area (Å²) in [5.74, 6) is -0.152. The Morgan fingerprint density at radius 3 is 2.93 bits per heavy atom. The number of amides is 1. The number of aromatic nitrogens is 2.